The normalized spacial score (nSPS) is 11.6. The number of aromatic nitrogens is 1. The Kier molecular flexibility index (Phi) is 2.65. The maximum atomic E-state index is 11.6. The lowest BCUT2D eigenvalue weighted by Crippen LogP contribution is -2.07. The molecule has 1 heterocycles. The Hall–Kier alpha value is -0.660. The van der Waals surface area contributed by atoms with E-state index in [-0.39, 0.29) is 0 Å². The SMILES string of the molecule is CP(C)(=O)c1cncc(CN)c1. The molecule has 0 saturated carbocycles. The Balaban J connectivity index is 3.11. The second kappa shape index (κ2) is 3.38. The van der Waals surface area contributed by atoms with Gasteiger partial charge in [0.05, 0.1) is 0 Å². The van der Waals surface area contributed by atoms with Gasteiger partial charge in [-0.15, -0.1) is 0 Å². The molecule has 0 spiro atoms. The molecule has 12 heavy (non-hydrogen) atoms. The zero-order valence-electron chi connectivity index (χ0n) is 7.32. The number of hydrogen-bond donors (Lipinski definition) is 1. The zero-order chi connectivity index (χ0) is 9.19. The summed E-state index contributed by atoms with van der Waals surface area (Å²) >= 11 is 0. The minimum atomic E-state index is -2.18. The van der Waals surface area contributed by atoms with E-state index in [9.17, 15) is 4.57 Å². The first-order valence-corrected chi connectivity index (χ1v) is 6.33. The van der Waals surface area contributed by atoms with Crippen LogP contribution in [-0.2, 0) is 11.1 Å². The van der Waals surface area contributed by atoms with E-state index in [1.807, 2.05) is 6.07 Å². The van der Waals surface area contributed by atoms with E-state index in [1.165, 1.54) is 0 Å². The summed E-state index contributed by atoms with van der Waals surface area (Å²) in [6.45, 7) is 3.90. The van der Waals surface area contributed by atoms with Crippen molar-refractivity contribution < 1.29 is 4.57 Å². The molecule has 1 aromatic heterocycles. The molecule has 1 rings (SSSR count). The highest BCUT2D eigenvalue weighted by Crippen LogP contribution is 2.33. The van der Waals surface area contributed by atoms with Gasteiger partial charge < -0.3 is 10.3 Å². The molecule has 0 aromatic carbocycles. The zero-order valence-corrected chi connectivity index (χ0v) is 8.21. The molecule has 0 radical (unpaired) electrons. The Morgan fingerprint density at radius 1 is 1.50 bits per heavy atom. The van der Waals surface area contributed by atoms with Gasteiger partial charge in [0.1, 0.15) is 7.14 Å². The first kappa shape index (κ1) is 9.43. The van der Waals surface area contributed by atoms with Crippen molar-refractivity contribution in [1.29, 1.82) is 0 Å². The summed E-state index contributed by atoms with van der Waals surface area (Å²) in [5.41, 5.74) is 6.36. The van der Waals surface area contributed by atoms with Crippen molar-refractivity contribution in [3.63, 3.8) is 0 Å². The molecule has 0 atom stereocenters. The monoisotopic (exact) mass is 184 g/mol. The highest BCUT2D eigenvalue weighted by Gasteiger charge is 2.10. The number of hydrogen-bond acceptors (Lipinski definition) is 3. The Morgan fingerprint density at radius 2 is 2.17 bits per heavy atom. The molecule has 0 aliphatic heterocycles. The van der Waals surface area contributed by atoms with Crippen LogP contribution in [0.15, 0.2) is 18.5 Å². The van der Waals surface area contributed by atoms with E-state index in [4.69, 9.17) is 5.73 Å². The van der Waals surface area contributed by atoms with Gasteiger partial charge in [-0.1, -0.05) is 0 Å². The molecule has 0 bridgehead atoms. The lowest BCUT2D eigenvalue weighted by molar-refractivity contribution is 0.588. The van der Waals surface area contributed by atoms with Crippen LogP contribution in [0.25, 0.3) is 0 Å². The van der Waals surface area contributed by atoms with Gasteiger partial charge in [0.15, 0.2) is 0 Å². The maximum absolute atomic E-state index is 11.6. The summed E-state index contributed by atoms with van der Waals surface area (Å²) in [4.78, 5) is 3.97. The summed E-state index contributed by atoms with van der Waals surface area (Å²) in [5, 5.41) is 0.797. The molecule has 3 nitrogen and oxygen atoms in total. The van der Waals surface area contributed by atoms with Gasteiger partial charge >= 0.3 is 0 Å². The number of pyridine rings is 1. The lowest BCUT2D eigenvalue weighted by atomic mass is 10.3. The summed E-state index contributed by atoms with van der Waals surface area (Å²) in [6.07, 6.45) is 3.33. The molecule has 0 aliphatic carbocycles. The minimum Gasteiger partial charge on any atom is -0.326 e. The molecule has 0 amide bonds. The lowest BCUT2D eigenvalue weighted by Gasteiger charge is -2.06. The second-order valence-corrected chi connectivity index (χ2v) is 6.32. The minimum absolute atomic E-state index is 0.445. The molecule has 2 N–H and O–H groups in total. The third-order valence-corrected chi connectivity index (χ3v) is 3.13. The molecule has 66 valence electrons. The fraction of sp³-hybridized carbons (Fsp3) is 0.375. The van der Waals surface area contributed by atoms with Crippen molar-refractivity contribution in [1.82, 2.24) is 4.98 Å². The average Bonchev–Trinajstić information content (AvgIpc) is 2.03. The fourth-order valence-electron chi connectivity index (χ4n) is 0.880. The van der Waals surface area contributed by atoms with Gasteiger partial charge in [-0.25, -0.2) is 0 Å². The van der Waals surface area contributed by atoms with Crippen LogP contribution in [0, 0.1) is 0 Å². The third-order valence-electron chi connectivity index (χ3n) is 1.64. The Labute approximate surface area is 72.4 Å². The van der Waals surface area contributed by atoms with Crippen LogP contribution in [-0.4, -0.2) is 18.3 Å². The molecule has 1 aromatic rings. The van der Waals surface area contributed by atoms with Crippen LogP contribution in [0.3, 0.4) is 0 Å². The molecule has 0 saturated heterocycles. The highest BCUT2D eigenvalue weighted by atomic mass is 31.2. The van der Waals surface area contributed by atoms with Gasteiger partial charge in [0.2, 0.25) is 0 Å². The van der Waals surface area contributed by atoms with E-state index in [2.05, 4.69) is 4.98 Å². The Bertz CT molecular complexity index is 319. The Morgan fingerprint density at radius 3 is 2.67 bits per heavy atom. The van der Waals surface area contributed by atoms with Crippen molar-refractivity contribution in [2.45, 2.75) is 6.54 Å². The van der Waals surface area contributed by atoms with Crippen LogP contribution in [0.2, 0.25) is 0 Å². The topological polar surface area (TPSA) is 56.0 Å². The smallest absolute Gasteiger partial charge is 0.111 e. The van der Waals surface area contributed by atoms with Gasteiger partial charge in [0, 0.05) is 24.2 Å². The molecular formula is C8H13N2OP. The standard InChI is InChI=1S/C8H13N2OP/c1-12(2,11)8-3-7(4-9)5-10-6-8/h3,5-6H,4,9H2,1-2H3. The van der Waals surface area contributed by atoms with E-state index in [1.54, 1.807) is 25.7 Å². The van der Waals surface area contributed by atoms with Gasteiger partial charge in [-0.3, -0.25) is 4.98 Å². The summed E-state index contributed by atoms with van der Waals surface area (Å²) in [5.74, 6) is 0. The highest BCUT2D eigenvalue weighted by molar-refractivity contribution is 7.70. The second-order valence-electron chi connectivity index (χ2n) is 3.11. The van der Waals surface area contributed by atoms with E-state index >= 15 is 0 Å². The fourth-order valence-corrected chi connectivity index (χ4v) is 1.70. The van der Waals surface area contributed by atoms with Gasteiger partial charge in [-0.2, -0.15) is 0 Å². The number of rotatable bonds is 2. The summed E-state index contributed by atoms with van der Waals surface area (Å²) in [6, 6.07) is 1.85. The van der Waals surface area contributed by atoms with Gasteiger partial charge in [0.25, 0.3) is 0 Å². The maximum Gasteiger partial charge on any atom is 0.111 e. The molecule has 4 heteroatoms. The van der Waals surface area contributed by atoms with E-state index in [0.717, 1.165) is 10.9 Å². The van der Waals surface area contributed by atoms with E-state index in [0.29, 0.717) is 6.54 Å². The number of nitrogens with two attached hydrogens (primary N) is 1. The molecule has 0 aliphatic rings. The number of nitrogens with zero attached hydrogens (tertiary/aromatic N) is 1. The van der Waals surface area contributed by atoms with Crippen molar-refractivity contribution >= 4 is 12.4 Å². The first-order chi connectivity index (χ1) is 5.54. The van der Waals surface area contributed by atoms with Crippen LogP contribution < -0.4 is 11.0 Å². The van der Waals surface area contributed by atoms with Crippen LogP contribution in [0.1, 0.15) is 5.56 Å². The summed E-state index contributed by atoms with van der Waals surface area (Å²) < 4.78 is 11.6. The molecular weight excluding hydrogens is 171 g/mol. The summed E-state index contributed by atoms with van der Waals surface area (Å²) in [7, 11) is -2.18. The predicted molar refractivity (Wildman–Crippen MR) is 51.2 cm³/mol. The molecule has 0 fully saturated rings. The average molecular weight is 184 g/mol. The molecule has 0 unspecified atom stereocenters. The van der Waals surface area contributed by atoms with Gasteiger partial charge in [-0.05, 0) is 25.0 Å². The quantitative estimate of drug-likeness (QED) is 0.691. The third kappa shape index (κ3) is 2.16. The van der Waals surface area contributed by atoms with Crippen LogP contribution in [0.5, 0.6) is 0 Å². The van der Waals surface area contributed by atoms with Crippen molar-refractivity contribution in [3.05, 3.63) is 24.0 Å². The van der Waals surface area contributed by atoms with Crippen molar-refractivity contribution in [2.24, 2.45) is 5.73 Å². The van der Waals surface area contributed by atoms with Crippen molar-refractivity contribution in [3.8, 4) is 0 Å². The van der Waals surface area contributed by atoms with Crippen LogP contribution >= 0.6 is 7.14 Å². The predicted octanol–water partition coefficient (Wildman–Crippen LogP) is 0.788. The van der Waals surface area contributed by atoms with Crippen molar-refractivity contribution in [2.75, 3.05) is 13.3 Å². The van der Waals surface area contributed by atoms with E-state index < -0.39 is 7.14 Å². The largest absolute Gasteiger partial charge is 0.326 e. The van der Waals surface area contributed by atoms with Crippen LogP contribution in [0.4, 0.5) is 0 Å². The first-order valence-electron chi connectivity index (χ1n) is 3.73.